The van der Waals surface area contributed by atoms with Crippen LogP contribution >= 0.6 is 0 Å². The van der Waals surface area contributed by atoms with Crippen molar-refractivity contribution in [3.05, 3.63) is 71.3 Å². The van der Waals surface area contributed by atoms with Gasteiger partial charge in [0, 0.05) is 43.6 Å². The van der Waals surface area contributed by atoms with E-state index in [0.717, 1.165) is 54.5 Å². The molecule has 4 rings (SSSR count). The Balaban J connectivity index is 0.000000429. The third-order valence-electron chi connectivity index (χ3n) is 5.00. The van der Waals surface area contributed by atoms with E-state index in [-0.39, 0.29) is 5.82 Å². The van der Waals surface area contributed by atoms with E-state index < -0.39 is 12.1 Å². The summed E-state index contributed by atoms with van der Waals surface area (Å²) in [5.41, 5.74) is 4.20. The van der Waals surface area contributed by atoms with Gasteiger partial charge in [-0.25, -0.2) is 9.18 Å². The summed E-state index contributed by atoms with van der Waals surface area (Å²) >= 11 is 0. The third-order valence-corrected chi connectivity index (χ3v) is 5.00. The lowest BCUT2D eigenvalue weighted by atomic mass is 10.1. The third kappa shape index (κ3) is 7.15. The lowest BCUT2D eigenvalue weighted by molar-refractivity contribution is -0.192. The summed E-state index contributed by atoms with van der Waals surface area (Å²) in [6.07, 6.45) is 0.451. The standard InChI is InChI=1S/C22H20FN5.C2HF3O2/c23-19-4-1-16(2-5-19)3-6-20-13-17(7-8-26-20)21-14-18(15-24)22(27-21)28-11-9-25-10-12-28;3-2(4,5)1(6)7/h1-8,13-14,25,27H,9-12H2;(H,6,7). The molecule has 2 aromatic heterocycles. The van der Waals surface area contributed by atoms with Crippen molar-refractivity contribution < 1.29 is 27.5 Å². The molecule has 3 aromatic rings. The number of aromatic amines is 1. The van der Waals surface area contributed by atoms with Gasteiger partial charge < -0.3 is 20.3 Å². The lowest BCUT2D eigenvalue weighted by Gasteiger charge is -2.28. The van der Waals surface area contributed by atoms with Gasteiger partial charge in [-0.2, -0.15) is 18.4 Å². The summed E-state index contributed by atoms with van der Waals surface area (Å²) in [5, 5.41) is 20.0. The van der Waals surface area contributed by atoms with Gasteiger partial charge in [0.15, 0.2) is 0 Å². The zero-order valence-electron chi connectivity index (χ0n) is 18.3. The monoisotopic (exact) mass is 487 g/mol. The molecular formula is C24H21F4N5O2. The van der Waals surface area contributed by atoms with Crippen LogP contribution in [0.4, 0.5) is 23.4 Å². The highest BCUT2D eigenvalue weighted by molar-refractivity contribution is 5.74. The Kier molecular flexibility index (Phi) is 8.22. The number of carboxylic acid groups (broad SMARTS) is 1. The van der Waals surface area contributed by atoms with Crippen molar-refractivity contribution in [1.29, 1.82) is 5.26 Å². The van der Waals surface area contributed by atoms with E-state index in [1.54, 1.807) is 18.3 Å². The summed E-state index contributed by atoms with van der Waals surface area (Å²) in [4.78, 5) is 18.9. The van der Waals surface area contributed by atoms with Crippen LogP contribution in [0.5, 0.6) is 0 Å². The summed E-state index contributed by atoms with van der Waals surface area (Å²) < 4.78 is 44.8. The van der Waals surface area contributed by atoms with Crippen LogP contribution in [-0.4, -0.2) is 53.4 Å². The first kappa shape index (κ1) is 25.5. The molecule has 1 aromatic carbocycles. The Morgan fingerprint density at radius 2 is 1.77 bits per heavy atom. The van der Waals surface area contributed by atoms with E-state index in [0.29, 0.717) is 5.56 Å². The second-order valence-corrected chi connectivity index (χ2v) is 7.45. The summed E-state index contributed by atoms with van der Waals surface area (Å²) in [6.45, 7) is 3.56. The Morgan fingerprint density at radius 3 is 2.37 bits per heavy atom. The van der Waals surface area contributed by atoms with Gasteiger partial charge in [-0.05, 0) is 42.0 Å². The molecule has 1 aliphatic rings. The number of H-pyrrole nitrogens is 1. The molecule has 3 heterocycles. The number of rotatable bonds is 4. The largest absolute Gasteiger partial charge is 0.490 e. The number of carboxylic acids is 1. The first-order valence-corrected chi connectivity index (χ1v) is 10.5. The van der Waals surface area contributed by atoms with Gasteiger partial charge in [0.05, 0.1) is 11.3 Å². The average molecular weight is 487 g/mol. The zero-order chi connectivity index (χ0) is 25.4. The van der Waals surface area contributed by atoms with Crippen LogP contribution in [0.3, 0.4) is 0 Å². The van der Waals surface area contributed by atoms with Crippen LogP contribution in [0.1, 0.15) is 16.8 Å². The van der Waals surface area contributed by atoms with Crippen LogP contribution < -0.4 is 10.2 Å². The maximum Gasteiger partial charge on any atom is 0.490 e. The Bertz CT molecular complexity index is 1220. The number of benzene rings is 1. The van der Waals surface area contributed by atoms with E-state index in [1.165, 1.54) is 12.1 Å². The second kappa shape index (κ2) is 11.3. The number of halogens is 4. The number of aliphatic carboxylic acids is 1. The maximum atomic E-state index is 13.0. The molecule has 7 nitrogen and oxygen atoms in total. The van der Waals surface area contributed by atoms with Gasteiger partial charge in [-0.3, -0.25) is 4.98 Å². The van der Waals surface area contributed by atoms with Gasteiger partial charge in [0.1, 0.15) is 17.7 Å². The summed E-state index contributed by atoms with van der Waals surface area (Å²) in [7, 11) is 0. The van der Waals surface area contributed by atoms with Gasteiger partial charge in [0.25, 0.3) is 0 Å². The number of nitrogens with one attached hydrogen (secondary N) is 2. The molecule has 0 bridgehead atoms. The van der Waals surface area contributed by atoms with E-state index in [1.807, 2.05) is 30.4 Å². The maximum absolute atomic E-state index is 13.0. The lowest BCUT2D eigenvalue weighted by Crippen LogP contribution is -2.44. The van der Waals surface area contributed by atoms with Crippen LogP contribution in [0.25, 0.3) is 23.4 Å². The predicted molar refractivity (Wildman–Crippen MR) is 123 cm³/mol. The number of anilines is 1. The topological polar surface area (TPSA) is 105 Å². The van der Waals surface area contributed by atoms with Crippen molar-refractivity contribution in [1.82, 2.24) is 15.3 Å². The van der Waals surface area contributed by atoms with Crippen molar-refractivity contribution in [2.45, 2.75) is 6.18 Å². The Labute approximate surface area is 198 Å². The Morgan fingerprint density at radius 1 is 1.11 bits per heavy atom. The minimum absolute atomic E-state index is 0.252. The molecular weight excluding hydrogens is 466 g/mol. The van der Waals surface area contributed by atoms with E-state index in [9.17, 15) is 22.8 Å². The highest BCUT2D eigenvalue weighted by Crippen LogP contribution is 2.28. The molecule has 0 atom stereocenters. The van der Waals surface area contributed by atoms with Crippen LogP contribution in [-0.2, 0) is 4.79 Å². The number of carbonyl (C=O) groups is 1. The van der Waals surface area contributed by atoms with Gasteiger partial charge >= 0.3 is 12.1 Å². The van der Waals surface area contributed by atoms with E-state index in [2.05, 4.69) is 26.3 Å². The zero-order valence-corrected chi connectivity index (χ0v) is 18.3. The summed E-state index contributed by atoms with van der Waals surface area (Å²) in [6, 6.07) is 14.4. The molecule has 1 aliphatic heterocycles. The molecule has 11 heteroatoms. The molecule has 0 spiro atoms. The quantitative estimate of drug-likeness (QED) is 0.474. The number of nitriles is 1. The molecule has 0 aliphatic carbocycles. The average Bonchev–Trinajstić information content (AvgIpc) is 3.29. The molecule has 1 saturated heterocycles. The molecule has 182 valence electrons. The fourth-order valence-corrected chi connectivity index (χ4v) is 3.28. The smallest absolute Gasteiger partial charge is 0.475 e. The fraction of sp³-hybridized carbons (Fsp3) is 0.208. The number of hydrogen-bond acceptors (Lipinski definition) is 5. The minimum Gasteiger partial charge on any atom is -0.475 e. The molecule has 0 amide bonds. The Hall–Kier alpha value is -4.17. The van der Waals surface area contributed by atoms with Crippen LogP contribution in [0.2, 0.25) is 0 Å². The predicted octanol–water partition coefficient (Wildman–Crippen LogP) is 4.30. The molecule has 1 fully saturated rings. The van der Waals surface area contributed by atoms with Crippen molar-refractivity contribution in [2.24, 2.45) is 0 Å². The first-order valence-electron chi connectivity index (χ1n) is 10.5. The van der Waals surface area contributed by atoms with Gasteiger partial charge in [0.2, 0.25) is 0 Å². The van der Waals surface area contributed by atoms with Crippen LogP contribution in [0, 0.1) is 17.1 Å². The molecule has 0 unspecified atom stereocenters. The van der Waals surface area contributed by atoms with Crippen LogP contribution in [0.15, 0.2) is 48.7 Å². The summed E-state index contributed by atoms with van der Waals surface area (Å²) in [5.74, 6) is -2.13. The number of aromatic nitrogens is 2. The van der Waals surface area contributed by atoms with Gasteiger partial charge in [-0.15, -0.1) is 0 Å². The van der Waals surface area contributed by atoms with Crippen molar-refractivity contribution >= 4 is 23.9 Å². The first-order chi connectivity index (χ1) is 16.7. The van der Waals surface area contributed by atoms with Gasteiger partial charge in [-0.1, -0.05) is 18.2 Å². The molecule has 0 saturated carbocycles. The molecule has 35 heavy (non-hydrogen) atoms. The highest BCUT2D eigenvalue weighted by Gasteiger charge is 2.38. The second-order valence-electron chi connectivity index (χ2n) is 7.45. The number of piperazine rings is 1. The normalized spacial score (nSPS) is 13.7. The molecule has 0 radical (unpaired) electrons. The number of hydrogen-bond donors (Lipinski definition) is 3. The fourth-order valence-electron chi connectivity index (χ4n) is 3.28. The van der Waals surface area contributed by atoms with Crippen molar-refractivity contribution in [2.75, 3.05) is 31.1 Å². The SMILES string of the molecule is N#Cc1cc(-c2ccnc(C=Cc3ccc(F)cc3)c2)[nH]c1N1CCNCC1.O=C(O)C(F)(F)F. The number of pyridine rings is 1. The van der Waals surface area contributed by atoms with Crippen molar-refractivity contribution in [3.8, 4) is 17.3 Å². The van der Waals surface area contributed by atoms with E-state index in [4.69, 9.17) is 9.90 Å². The highest BCUT2D eigenvalue weighted by atomic mass is 19.4. The van der Waals surface area contributed by atoms with E-state index >= 15 is 0 Å². The number of alkyl halides is 3. The molecule has 3 N–H and O–H groups in total. The number of nitrogens with zero attached hydrogens (tertiary/aromatic N) is 3. The van der Waals surface area contributed by atoms with Crippen molar-refractivity contribution in [3.63, 3.8) is 0 Å². The minimum atomic E-state index is -5.08.